The summed E-state index contributed by atoms with van der Waals surface area (Å²) in [6, 6.07) is 8.21. The molecule has 0 aliphatic carbocycles. The number of rotatable bonds is 6. The van der Waals surface area contributed by atoms with Gasteiger partial charge in [-0.15, -0.1) is 11.3 Å². The Morgan fingerprint density at radius 2 is 2.04 bits per heavy atom. The maximum Gasteiger partial charge on any atom is 0.219 e. The molecule has 3 aromatic rings. The van der Waals surface area contributed by atoms with Crippen LogP contribution in [0.5, 0.6) is 0 Å². The van der Waals surface area contributed by atoms with Gasteiger partial charge in [0.2, 0.25) is 5.91 Å². The summed E-state index contributed by atoms with van der Waals surface area (Å²) >= 11 is 5.07. The molecule has 0 saturated heterocycles. The minimum Gasteiger partial charge on any atom is -0.369 e. The molecule has 0 fully saturated rings. The quantitative estimate of drug-likeness (QED) is 0.607. The van der Waals surface area contributed by atoms with Gasteiger partial charge in [-0.1, -0.05) is 28.1 Å². The molecule has 3 rings (SSSR count). The number of nitrogens with one attached hydrogen (secondary N) is 2. The first-order chi connectivity index (χ1) is 11.7. The summed E-state index contributed by atoms with van der Waals surface area (Å²) in [5, 5.41) is 9.11. The van der Waals surface area contributed by atoms with Gasteiger partial charge in [0.25, 0.3) is 0 Å². The van der Waals surface area contributed by atoms with E-state index in [2.05, 4.69) is 54.0 Å². The van der Waals surface area contributed by atoms with Gasteiger partial charge in [0.15, 0.2) is 0 Å². The molecule has 124 valence electrons. The van der Waals surface area contributed by atoms with Crippen LogP contribution >= 0.6 is 27.3 Å². The Morgan fingerprint density at radius 3 is 2.79 bits per heavy atom. The van der Waals surface area contributed by atoms with Crippen molar-refractivity contribution >= 4 is 49.2 Å². The van der Waals surface area contributed by atoms with E-state index in [0.717, 1.165) is 38.1 Å². The number of fused-ring (bicyclic) bond motifs is 1. The molecule has 0 spiro atoms. The molecule has 1 amide bonds. The summed E-state index contributed by atoms with van der Waals surface area (Å²) in [5.41, 5.74) is 2.25. The second-order valence-electron chi connectivity index (χ2n) is 5.26. The molecule has 2 heterocycles. The van der Waals surface area contributed by atoms with Gasteiger partial charge in [-0.05, 0) is 24.1 Å². The van der Waals surface area contributed by atoms with Crippen molar-refractivity contribution in [2.75, 3.05) is 18.9 Å². The number of thiophene rings is 1. The van der Waals surface area contributed by atoms with Crippen molar-refractivity contribution in [2.45, 2.75) is 12.8 Å². The van der Waals surface area contributed by atoms with E-state index in [1.54, 1.807) is 24.7 Å². The van der Waals surface area contributed by atoms with Gasteiger partial charge in [-0.3, -0.25) is 4.79 Å². The van der Waals surface area contributed by atoms with E-state index in [9.17, 15) is 4.79 Å². The Bertz CT molecular complexity index is 847. The first-order valence-corrected chi connectivity index (χ1v) is 9.29. The molecule has 0 aliphatic rings. The average molecular weight is 405 g/mol. The lowest BCUT2D eigenvalue weighted by molar-refractivity contribution is -0.120. The lowest BCUT2D eigenvalue weighted by Gasteiger charge is -2.08. The third-order valence-corrected chi connectivity index (χ3v) is 5.09. The van der Waals surface area contributed by atoms with Crippen molar-refractivity contribution in [1.29, 1.82) is 0 Å². The Hall–Kier alpha value is -1.99. The van der Waals surface area contributed by atoms with Crippen LogP contribution in [0.15, 0.2) is 40.4 Å². The van der Waals surface area contributed by atoms with Crippen LogP contribution in [-0.4, -0.2) is 29.5 Å². The molecule has 2 N–H and O–H groups in total. The summed E-state index contributed by atoms with van der Waals surface area (Å²) < 4.78 is 1.05. The van der Waals surface area contributed by atoms with Gasteiger partial charge in [0.05, 0.1) is 5.39 Å². The Kier molecular flexibility index (Phi) is 5.42. The van der Waals surface area contributed by atoms with Crippen LogP contribution in [0, 0.1) is 0 Å². The molecule has 0 unspecified atom stereocenters. The van der Waals surface area contributed by atoms with Crippen molar-refractivity contribution in [2.24, 2.45) is 0 Å². The van der Waals surface area contributed by atoms with Crippen molar-refractivity contribution in [3.63, 3.8) is 0 Å². The second kappa shape index (κ2) is 7.72. The van der Waals surface area contributed by atoms with E-state index in [-0.39, 0.29) is 5.91 Å². The molecule has 1 aromatic carbocycles. The van der Waals surface area contributed by atoms with Crippen molar-refractivity contribution < 1.29 is 4.79 Å². The predicted molar refractivity (Wildman–Crippen MR) is 102 cm³/mol. The largest absolute Gasteiger partial charge is 0.369 e. The number of hydrogen-bond donors (Lipinski definition) is 2. The van der Waals surface area contributed by atoms with Crippen LogP contribution in [0.25, 0.3) is 21.3 Å². The summed E-state index contributed by atoms with van der Waals surface area (Å²) in [5.74, 6) is 0.867. The molecule has 0 saturated carbocycles. The van der Waals surface area contributed by atoms with E-state index >= 15 is 0 Å². The van der Waals surface area contributed by atoms with Crippen LogP contribution in [0.3, 0.4) is 0 Å². The predicted octanol–water partition coefficient (Wildman–Crippen LogP) is 4.06. The van der Waals surface area contributed by atoms with E-state index in [4.69, 9.17) is 0 Å². The fourth-order valence-corrected chi connectivity index (χ4v) is 3.61. The number of aromatic nitrogens is 2. The minimum atomic E-state index is 0.0516. The zero-order chi connectivity index (χ0) is 16.9. The van der Waals surface area contributed by atoms with Crippen LogP contribution < -0.4 is 10.6 Å². The first-order valence-electron chi connectivity index (χ1n) is 7.61. The van der Waals surface area contributed by atoms with E-state index in [1.165, 1.54) is 0 Å². The second-order valence-corrected chi connectivity index (χ2v) is 7.04. The van der Waals surface area contributed by atoms with Crippen molar-refractivity contribution in [3.8, 4) is 11.1 Å². The minimum absolute atomic E-state index is 0.0516. The van der Waals surface area contributed by atoms with Gasteiger partial charge in [0, 0.05) is 35.4 Å². The number of hydrogen-bond acceptors (Lipinski definition) is 5. The fourth-order valence-electron chi connectivity index (χ4n) is 2.43. The number of carbonyl (C=O) groups is 1. The summed E-state index contributed by atoms with van der Waals surface area (Å²) in [6.07, 6.45) is 2.83. The maximum absolute atomic E-state index is 11.3. The highest BCUT2D eigenvalue weighted by molar-refractivity contribution is 9.10. The average Bonchev–Trinajstić information content (AvgIpc) is 3.04. The zero-order valence-electron chi connectivity index (χ0n) is 13.2. The van der Waals surface area contributed by atoms with Crippen molar-refractivity contribution in [3.05, 3.63) is 40.4 Å². The van der Waals surface area contributed by atoms with E-state index in [1.807, 2.05) is 12.1 Å². The van der Waals surface area contributed by atoms with Crippen LogP contribution in [0.2, 0.25) is 0 Å². The summed E-state index contributed by atoms with van der Waals surface area (Å²) in [6.45, 7) is 0.690. The highest BCUT2D eigenvalue weighted by atomic mass is 79.9. The fraction of sp³-hybridized carbons (Fsp3) is 0.235. The Morgan fingerprint density at radius 1 is 1.25 bits per heavy atom. The molecular weight excluding hydrogens is 388 g/mol. The first kappa shape index (κ1) is 16.9. The number of benzene rings is 1. The van der Waals surface area contributed by atoms with E-state index in [0.29, 0.717) is 13.0 Å². The molecule has 0 aliphatic heterocycles. The van der Waals surface area contributed by atoms with Gasteiger partial charge in [-0.25, -0.2) is 9.97 Å². The van der Waals surface area contributed by atoms with Gasteiger partial charge in [-0.2, -0.15) is 0 Å². The number of amides is 1. The Balaban J connectivity index is 1.84. The monoisotopic (exact) mass is 404 g/mol. The van der Waals surface area contributed by atoms with Crippen LogP contribution in [-0.2, 0) is 4.79 Å². The lowest BCUT2D eigenvalue weighted by Crippen LogP contribution is -2.18. The van der Waals surface area contributed by atoms with Crippen LogP contribution in [0.1, 0.15) is 12.8 Å². The standard InChI is InChI=1S/C17H17BrN4OS/c1-19-14(23)3-2-8-20-16-15-13(9-24-17(15)22-10-21-16)11-4-6-12(18)7-5-11/h4-7,9-10H,2-3,8H2,1H3,(H,19,23)(H,20,21,22). The summed E-state index contributed by atoms with van der Waals surface area (Å²) in [7, 11) is 1.65. The third kappa shape index (κ3) is 3.73. The molecule has 0 radical (unpaired) electrons. The lowest BCUT2D eigenvalue weighted by atomic mass is 10.1. The SMILES string of the molecule is CNC(=O)CCCNc1ncnc2scc(-c3ccc(Br)cc3)c12. The Labute approximate surface area is 152 Å². The number of carbonyl (C=O) groups excluding carboxylic acids is 1. The number of nitrogens with zero attached hydrogens (tertiary/aromatic N) is 2. The summed E-state index contributed by atoms with van der Waals surface area (Å²) in [4.78, 5) is 21.0. The van der Waals surface area contributed by atoms with E-state index < -0.39 is 0 Å². The molecular formula is C17H17BrN4OS. The van der Waals surface area contributed by atoms with Crippen molar-refractivity contribution in [1.82, 2.24) is 15.3 Å². The van der Waals surface area contributed by atoms with Gasteiger partial charge in [0.1, 0.15) is 17.0 Å². The topological polar surface area (TPSA) is 66.9 Å². The van der Waals surface area contributed by atoms with Crippen LogP contribution in [0.4, 0.5) is 5.82 Å². The molecule has 0 atom stereocenters. The normalized spacial score (nSPS) is 10.8. The molecule has 7 heteroatoms. The molecule has 24 heavy (non-hydrogen) atoms. The third-order valence-electron chi connectivity index (χ3n) is 3.68. The maximum atomic E-state index is 11.3. The zero-order valence-corrected chi connectivity index (χ0v) is 15.6. The van der Waals surface area contributed by atoms with Gasteiger partial charge >= 0.3 is 0 Å². The number of anilines is 1. The molecule has 2 aromatic heterocycles. The molecule has 5 nitrogen and oxygen atoms in total. The highest BCUT2D eigenvalue weighted by Gasteiger charge is 2.13. The highest BCUT2D eigenvalue weighted by Crippen LogP contribution is 2.36. The smallest absolute Gasteiger partial charge is 0.219 e. The number of halogens is 1. The molecule has 0 bridgehead atoms. The van der Waals surface area contributed by atoms with Gasteiger partial charge < -0.3 is 10.6 Å².